The zero-order valence-corrected chi connectivity index (χ0v) is 14.8. The molecule has 0 spiro atoms. The summed E-state index contributed by atoms with van der Waals surface area (Å²) < 4.78 is 0. The van der Waals surface area contributed by atoms with Gasteiger partial charge in [0.25, 0.3) is 0 Å². The van der Waals surface area contributed by atoms with E-state index in [1.807, 2.05) is 51.8 Å². The Morgan fingerprint density at radius 3 is 2.74 bits per heavy atom. The molecule has 0 aromatic carbocycles. The SMILES string of the molecule is Cc1ccc(C#N)c(N2CCCC(N(C)C(=O)C(C)(C)C)C2)n1. The van der Waals surface area contributed by atoms with Crippen LogP contribution in [-0.4, -0.2) is 42.0 Å². The molecule has 1 unspecified atom stereocenters. The van der Waals surface area contributed by atoms with Crippen LogP contribution in [0.25, 0.3) is 0 Å². The Labute approximate surface area is 138 Å². The molecule has 5 nitrogen and oxygen atoms in total. The van der Waals surface area contributed by atoms with Crippen LogP contribution in [0.3, 0.4) is 0 Å². The zero-order chi connectivity index (χ0) is 17.2. The molecule has 0 radical (unpaired) electrons. The van der Waals surface area contributed by atoms with E-state index in [1.165, 1.54) is 0 Å². The highest BCUT2D eigenvalue weighted by Gasteiger charge is 2.32. The molecule has 0 saturated carbocycles. The second-order valence-electron chi connectivity index (χ2n) is 7.34. The number of aryl methyl sites for hydroxylation is 1. The molecule has 1 amide bonds. The molecule has 0 N–H and O–H groups in total. The van der Waals surface area contributed by atoms with Crippen molar-refractivity contribution in [2.75, 3.05) is 25.0 Å². The van der Waals surface area contributed by atoms with Crippen molar-refractivity contribution < 1.29 is 4.79 Å². The van der Waals surface area contributed by atoms with Crippen molar-refractivity contribution in [2.24, 2.45) is 5.41 Å². The summed E-state index contributed by atoms with van der Waals surface area (Å²) in [4.78, 5) is 21.1. The number of hydrogen-bond donors (Lipinski definition) is 0. The van der Waals surface area contributed by atoms with Gasteiger partial charge in [-0.05, 0) is 31.9 Å². The minimum atomic E-state index is -0.379. The summed E-state index contributed by atoms with van der Waals surface area (Å²) in [6, 6.07) is 6.07. The fraction of sp³-hybridized carbons (Fsp3) is 0.611. The van der Waals surface area contributed by atoms with Gasteiger partial charge >= 0.3 is 0 Å². The van der Waals surface area contributed by atoms with Crippen LogP contribution in [0.5, 0.6) is 0 Å². The molecule has 0 bridgehead atoms. The maximum absolute atomic E-state index is 12.5. The predicted octanol–water partition coefficient (Wildman–Crippen LogP) is 2.74. The number of rotatable bonds is 2. The second kappa shape index (κ2) is 6.57. The standard InChI is InChI=1S/C18H26N4O/c1-13-8-9-14(11-19)16(20-13)22-10-6-7-15(12-22)21(5)17(23)18(2,3)4/h8-9,15H,6-7,10,12H2,1-5H3. The summed E-state index contributed by atoms with van der Waals surface area (Å²) in [5, 5.41) is 9.33. The van der Waals surface area contributed by atoms with Gasteiger partial charge in [-0.15, -0.1) is 0 Å². The number of carbonyl (C=O) groups excluding carboxylic acids is 1. The van der Waals surface area contributed by atoms with Crippen molar-refractivity contribution in [2.45, 2.75) is 46.6 Å². The van der Waals surface area contributed by atoms with Crippen molar-refractivity contribution >= 4 is 11.7 Å². The molecule has 1 aliphatic heterocycles. The summed E-state index contributed by atoms with van der Waals surface area (Å²) in [5.41, 5.74) is 1.12. The fourth-order valence-electron chi connectivity index (χ4n) is 3.03. The lowest BCUT2D eigenvalue weighted by Crippen LogP contribution is -2.51. The highest BCUT2D eigenvalue weighted by Crippen LogP contribution is 2.26. The Morgan fingerprint density at radius 2 is 2.13 bits per heavy atom. The molecule has 1 fully saturated rings. The Morgan fingerprint density at radius 1 is 1.43 bits per heavy atom. The van der Waals surface area contributed by atoms with Crippen LogP contribution < -0.4 is 4.90 Å². The van der Waals surface area contributed by atoms with E-state index in [0.717, 1.165) is 37.4 Å². The average molecular weight is 314 g/mol. The molecule has 1 aliphatic rings. The smallest absolute Gasteiger partial charge is 0.227 e. The third kappa shape index (κ3) is 3.82. The van der Waals surface area contributed by atoms with Gasteiger partial charge in [-0.2, -0.15) is 5.26 Å². The number of anilines is 1. The molecule has 2 rings (SSSR count). The van der Waals surface area contributed by atoms with Gasteiger partial charge in [0.05, 0.1) is 5.56 Å². The first-order valence-electron chi connectivity index (χ1n) is 8.14. The molecule has 1 aromatic rings. The third-order valence-electron chi connectivity index (χ3n) is 4.34. The van der Waals surface area contributed by atoms with Crippen LogP contribution >= 0.6 is 0 Å². The molecule has 1 aromatic heterocycles. The fourth-order valence-corrected chi connectivity index (χ4v) is 3.03. The lowest BCUT2D eigenvalue weighted by molar-refractivity contribution is -0.140. The van der Waals surface area contributed by atoms with Crippen molar-refractivity contribution in [3.05, 3.63) is 23.4 Å². The van der Waals surface area contributed by atoms with E-state index in [-0.39, 0.29) is 17.4 Å². The van der Waals surface area contributed by atoms with Gasteiger partial charge < -0.3 is 9.80 Å². The minimum Gasteiger partial charge on any atom is -0.353 e. The number of pyridine rings is 1. The second-order valence-corrected chi connectivity index (χ2v) is 7.34. The van der Waals surface area contributed by atoms with Crippen molar-refractivity contribution in [1.82, 2.24) is 9.88 Å². The normalized spacial score (nSPS) is 18.4. The molecule has 1 atom stereocenters. The average Bonchev–Trinajstić information content (AvgIpc) is 2.52. The summed E-state index contributed by atoms with van der Waals surface area (Å²) in [5.74, 6) is 0.899. The zero-order valence-electron chi connectivity index (χ0n) is 14.8. The van der Waals surface area contributed by atoms with E-state index in [4.69, 9.17) is 0 Å². The van der Waals surface area contributed by atoms with Crippen molar-refractivity contribution in [3.63, 3.8) is 0 Å². The highest BCUT2D eigenvalue weighted by atomic mass is 16.2. The molecule has 124 valence electrons. The van der Waals surface area contributed by atoms with E-state index in [0.29, 0.717) is 5.56 Å². The van der Waals surface area contributed by atoms with Crippen LogP contribution in [0.15, 0.2) is 12.1 Å². The number of nitrogens with zero attached hydrogens (tertiary/aromatic N) is 4. The molecule has 1 saturated heterocycles. The number of carbonyl (C=O) groups is 1. The molecule has 0 aliphatic carbocycles. The van der Waals surface area contributed by atoms with Gasteiger partial charge in [0, 0.05) is 37.3 Å². The predicted molar refractivity (Wildman–Crippen MR) is 91.1 cm³/mol. The minimum absolute atomic E-state index is 0.155. The quantitative estimate of drug-likeness (QED) is 0.842. The molecule has 23 heavy (non-hydrogen) atoms. The summed E-state index contributed by atoms with van der Waals surface area (Å²) >= 11 is 0. The number of amides is 1. The maximum Gasteiger partial charge on any atom is 0.227 e. The molecule has 2 heterocycles. The summed E-state index contributed by atoms with van der Waals surface area (Å²) in [6.45, 7) is 9.37. The topological polar surface area (TPSA) is 60.2 Å². The van der Waals surface area contributed by atoms with Gasteiger partial charge in [0.1, 0.15) is 11.9 Å². The lowest BCUT2D eigenvalue weighted by atomic mass is 9.93. The Balaban J connectivity index is 2.20. The number of nitriles is 1. The first kappa shape index (κ1) is 17.3. The largest absolute Gasteiger partial charge is 0.353 e. The van der Waals surface area contributed by atoms with Crippen LogP contribution in [0, 0.1) is 23.7 Å². The van der Waals surface area contributed by atoms with E-state index in [9.17, 15) is 10.1 Å². The van der Waals surface area contributed by atoms with E-state index >= 15 is 0 Å². The number of likely N-dealkylation sites (N-methyl/N-ethyl adjacent to an activating group) is 1. The number of piperidine rings is 1. The monoisotopic (exact) mass is 314 g/mol. The number of aromatic nitrogens is 1. The Kier molecular flexibility index (Phi) is 4.93. The number of hydrogen-bond acceptors (Lipinski definition) is 4. The summed E-state index contributed by atoms with van der Waals surface area (Å²) in [6.07, 6.45) is 1.98. The highest BCUT2D eigenvalue weighted by molar-refractivity contribution is 5.81. The van der Waals surface area contributed by atoms with Crippen LogP contribution in [0.2, 0.25) is 0 Å². The van der Waals surface area contributed by atoms with E-state index in [1.54, 1.807) is 0 Å². The Bertz CT molecular complexity index is 627. The van der Waals surface area contributed by atoms with Gasteiger partial charge in [-0.25, -0.2) is 4.98 Å². The first-order valence-corrected chi connectivity index (χ1v) is 8.14. The van der Waals surface area contributed by atoms with Crippen LogP contribution in [0.1, 0.15) is 44.9 Å². The van der Waals surface area contributed by atoms with Crippen molar-refractivity contribution in [1.29, 1.82) is 5.26 Å². The van der Waals surface area contributed by atoms with E-state index in [2.05, 4.69) is 16.0 Å². The first-order chi connectivity index (χ1) is 10.7. The van der Waals surface area contributed by atoms with Gasteiger partial charge in [-0.1, -0.05) is 20.8 Å². The third-order valence-corrected chi connectivity index (χ3v) is 4.34. The van der Waals surface area contributed by atoms with Gasteiger partial charge in [0.15, 0.2) is 0 Å². The van der Waals surface area contributed by atoms with Crippen LogP contribution in [0.4, 0.5) is 5.82 Å². The van der Waals surface area contributed by atoms with Gasteiger partial charge in [-0.3, -0.25) is 4.79 Å². The maximum atomic E-state index is 12.5. The van der Waals surface area contributed by atoms with E-state index < -0.39 is 0 Å². The molecular weight excluding hydrogens is 288 g/mol. The molecule has 5 heteroatoms. The summed E-state index contributed by atoms with van der Waals surface area (Å²) in [7, 11) is 1.89. The van der Waals surface area contributed by atoms with Crippen LogP contribution in [-0.2, 0) is 4.79 Å². The molecular formula is C18H26N4O. The Hall–Kier alpha value is -2.09. The lowest BCUT2D eigenvalue weighted by Gasteiger charge is -2.40. The van der Waals surface area contributed by atoms with Gasteiger partial charge in [0.2, 0.25) is 5.91 Å². The van der Waals surface area contributed by atoms with Crippen molar-refractivity contribution in [3.8, 4) is 6.07 Å².